The van der Waals surface area contributed by atoms with Crippen molar-refractivity contribution in [2.24, 2.45) is 5.92 Å². The summed E-state index contributed by atoms with van der Waals surface area (Å²) in [4.78, 5) is 24.9. The Labute approximate surface area is 178 Å². The van der Waals surface area contributed by atoms with Crippen LogP contribution >= 0.6 is 0 Å². The zero-order valence-corrected chi connectivity index (χ0v) is 17.2. The van der Waals surface area contributed by atoms with Gasteiger partial charge in [-0.2, -0.15) is 18.2 Å². The predicted molar refractivity (Wildman–Crippen MR) is 110 cm³/mol. The summed E-state index contributed by atoms with van der Waals surface area (Å²) in [7, 11) is 1.45. The third-order valence-corrected chi connectivity index (χ3v) is 5.53. The maximum atomic E-state index is 13.0. The summed E-state index contributed by atoms with van der Waals surface area (Å²) in [5, 5.41) is 2.87. The molecule has 2 fully saturated rings. The summed E-state index contributed by atoms with van der Waals surface area (Å²) in [6.45, 7) is 2.76. The normalized spacial score (nSPS) is 16.9. The lowest BCUT2D eigenvalue weighted by Crippen LogP contribution is -2.47. The molecule has 4 rings (SSSR count). The van der Waals surface area contributed by atoms with Gasteiger partial charge < -0.3 is 19.9 Å². The van der Waals surface area contributed by atoms with Crippen LogP contribution in [0.15, 0.2) is 30.5 Å². The molecule has 10 heteroatoms. The Morgan fingerprint density at radius 2 is 1.90 bits per heavy atom. The predicted octanol–water partition coefficient (Wildman–Crippen LogP) is 2.97. The van der Waals surface area contributed by atoms with Crippen molar-refractivity contribution < 1.29 is 22.7 Å². The first-order valence-electron chi connectivity index (χ1n) is 10.2. The van der Waals surface area contributed by atoms with Crippen molar-refractivity contribution in [2.45, 2.75) is 19.0 Å². The van der Waals surface area contributed by atoms with Crippen molar-refractivity contribution in [3.05, 3.63) is 41.6 Å². The number of amides is 1. The van der Waals surface area contributed by atoms with Gasteiger partial charge in [-0.15, -0.1) is 0 Å². The Morgan fingerprint density at radius 3 is 2.55 bits per heavy atom. The second-order valence-corrected chi connectivity index (χ2v) is 7.77. The van der Waals surface area contributed by atoms with Crippen LogP contribution in [-0.4, -0.2) is 55.7 Å². The minimum atomic E-state index is -4.37. The minimum absolute atomic E-state index is 0.207. The first kappa shape index (κ1) is 21.2. The molecule has 1 amide bonds. The molecule has 2 aliphatic rings. The van der Waals surface area contributed by atoms with E-state index in [9.17, 15) is 18.0 Å². The van der Waals surface area contributed by atoms with Gasteiger partial charge in [-0.3, -0.25) is 4.79 Å². The molecule has 1 aromatic carbocycles. The maximum Gasteiger partial charge on any atom is 0.416 e. The van der Waals surface area contributed by atoms with Crippen LogP contribution in [0.4, 0.5) is 24.8 Å². The van der Waals surface area contributed by atoms with Gasteiger partial charge in [-0.1, -0.05) is 6.07 Å². The monoisotopic (exact) mass is 435 g/mol. The zero-order chi connectivity index (χ0) is 22.0. The number of nitrogens with one attached hydrogen (secondary N) is 1. The van der Waals surface area contributed by atoms with E-state index in [2.05, 4.69) is 15.3 Å². The number of anilines is 2. The third-order valence-electron chi connectivity index (χ3n) is 5.53. The first-order valence-corrected chi connectivity index (χ1v) is 10.2. The highest BCUT2D eigenvalue weighted by molar-refractivity contribution is 5.96. The van der Waals surface area contributed by atoms with E-state index >= 15 is 0 Å². The van der Waals surface area contributed by atoms with E-state index in [4.69, 9.17) is 4.74 Å². The molecule has 7 nitrogen and oxygen atoms in total. The second-order valence-electron chi connectivity index (χ2n) is 7.77. The number of hydrogen-bond acceptors (Lipinski definition) is 6. The molecule has 0 spiro atoms. The summed E-state index contributed by atoms with van der Waals surface area (Å²) in [5.41, 5.74) is 0.168. The van der Waals surface area contributed by atoms with Gasteiger partial charge in [0.2, 0.25) is 11.8 Å². The summed E-state index contributed by atoms with van der Waals surface area (Å²) in [6.07, 6.45) is -0.629. The van der Waals surface area contributed by atoms with Crippen molar-refractivity contribution in [2.75, 3.05) is 49.6 Å². The summed E-state index contributed by atoms with van der Waals surface area (Å²) < 4.78 is 44.3. The molecule has 1 aliphatic carbocycles. The van der Waals surface area contributed by atoms with Crippen molar-refractivity contribution >= 4 is 17.5 Å². The SMILES string of the molecule is COc1nc(N2CCN(c3cccc(C(F)(F)F)c3)CC2)ncc1C(=O)NCC1CC1. The molecule has 31 heavy (non-hydrogen) atoms. The Bertz CT molecular complexity index is 941. The Balaban J connectivity index is 1.41. The number of benzene rings is 1. The highest BCUT2D eigenvalue weighted by Gasteiger charge is 2.31. The Hall–Kier alpha value is -3.04. The molecule has 2 heterocycles. The van der Waals surface area contributed by atoms with Gasteiger partial charge in [0.15, 0.2) is 0 Å². The van der Waals surface area contributed by atoms with Crippen LogP contribution in [0.1, 0.15) is 28.8 Å². The highest BCUT2D eigenvalue weighted by atomic mass is 19.4. The number of carbonyl (C=O) groups is 1. The van der Waals surface area contributed by atoms with Crippen molar-refractivity contribution in [1.82, 2.24) is 15.3 Å². The fraction of sp³-hybridized carbons (Fsp3) is 0.476. The van der Waals surface area contributed by atoms with Crippen LogP contribution in [0, 0.1) is 5.92 Å². The number of aromatic nitrogens is 2. The van der Waals surface area contributed by atoms with E-state index in [0.717, 1.165) is 18.9 Å². The van der Waals surface area contributed by atoms with Gasteiger partial charge >= 0.3 is 6.18 Å². The lowest BCUT2D eigenvalue weighted by atomic mass is 10.1. The number of alkyl halides is 3. The van der Waals surface area contributed by atoms with Crippen molar-refractivity contribution in [1.29, 1.82) is 0 Å². The first-order chi connectivity index (χ1) is 14.8. The number of methoxy groups -OCH3 is 1. The topological polar surface area (TPSA) is 70.6 Å². The fourth-order valence-electron chi connectivity index (χ4n) is 3.52. The van der Waals surface area contributed by atoms with E-state index < -0.39 is 11.7 Å². The molecule has 0 bridgehead atoms. The molecule has 0 radical (unpaired) electrons. The molecule has 0 atom stereocenters. The quantitative estimate of drug-likeness (QED) is 0.753. The van der Waals surface area contributed by atoms with Gasteiger partial charge in [-0.05, 0) is 37.0 Å². The lowest BCUT2D eigenvalue weighted by molar-refractivity contribution is -0.137. The van der Waals surface area contributed by atoms with Crippen LogP contribution in [0.2, 0.25) is 0 Å². The average Bonchev–Trinajstić information content (AvgIpc) is 3.61. The highest BCUT2D eigenvalue weighted by Crippen LogP contribution is 2.32. The maximum absolute atomic E-state index is 13.0. The molecule has 1 saturated carbocycles. The number of hydrogen-bond donors (Lipinski definition) is 1. The Morgan fingerprint density at radius 1 is 1.19 bits per heavy atom. The van der Waals surface area contributed by atoms with Crippen LogP contribution in [0.3, 0.4) is 0 Å². The van der Waals surface area contributed by atoms with Crippen molar-refractivity contribution in [3.63, 3.8) is 0 Å². The number of rotatable bonds is 6. The van der Waals surface area contributed by atoms with Gasteiger partial charge in [0.05, 0.1) is 12.7 Å². The lowest BCUT2D eigenvalue weighted by Gasteiger charge is -2.36. The average molecular weight is 435 g/mol. The summed E-state index contributed by atoms with van der Waals surface area (Å²) in [6, 6.07) is 5.34. The van der Waals surface area contributed by atoms with E-state index in [0.29, 0.717) is 50.3 Å². The van der Waals surface area contributed by atoms with E-state index in [1.807, 2.05) is 9.80 Å². The number of nitrogens with zero attached hydrogens (tertiary/aromatic N) is 4. The molecule has 0 unspecified atom stereocenters. The molecule has 166 valence electrons. The largest absolute Gasteiger partial charge is 0.480 e. The summed E-state index contributed by atoms with van der Waals surface area (Å²) >= 11 is 0. The molecular formula is C21H24F3N5O2. The molecule has 2 aromatic rings. The summed E-state index contributed by atoms with van der Waals surface area (Å²) in [5.74, 6) is 0.936. The number of ether oxygens (including phenoxy) is 1. The van der Waals surface area contributed by atoms with Crippen LogP contribution in [0.25, 0.3) is 0 Å². The standard InChI is InChI=1S/C21H24F3N5O2/c1-31-19-17(18(30)25-12-14-5-6-14)13-26-20(27-19)29-9-7-28(8-10-29)16-4-2-3-15(11-16)21(22,23)24/h2-4,11,13-14H,5-10,12H2,1H3,(H,25,30). The van der Waals surface area contributed by atoms with Gasteiger partial charge in [0, 0.05) is 44.6 Å². The van der Waals surface area contributed by atoms with Crippen LogP contribution in [0.5, 0.6) is 5.88 Å². The Kier molecular flexibility index (Phi) is 5.88. The molecule has 1 saturated heterocycles. The van der Waals surface area contributed by atoms with Gasteiger partial charge in [-0.25, -0.2) is 4.98 Å². The molecule has 1 N–H and O–H groups in total. The second kappa shape index (κ2) is 8.60. The molecular weight excluding hydrogens is 411 g/mol. The van der Waals surface area contributed by atoms with E-state index in [1.165, 1.54) is 25.4 Å². The number of halogens is 3. The van der Waals surface area contributed by atoms with Crippen LogP contribution < -0.4 is 19.9 Å². The van der Waals surface area contributed by atoms with Crippen molar-refractivity contribution in [3.8, 4) is 5.88 Å². The van der Waals surface area contributed by atoms with Gasteiger partial charge in [0.1, 0.15) is 5.56 Å². The zero-order valence-electron chi connectivity index (χ0n) is 17.2. The van der Waals surface area contributed by atoms with Gasteiger partial charge in [0.25, 0.3) is 5.91 Å². The minimum Gasteiger partial charge on any atom is -0.480 e. The molecule has 1 aliphatic heterocycles. The van der Waals surface area contributed by atoms with Crippen LogP contribution in [-0.2, 0) is 6.18 Å². The molecule has 1 aromatic heterocycles. The number of piperazine rings is 1. The fourth-order valence-corrected chi connectivity index (χ4v) is 3.52. The van der Waals surface area contributed by atoms with E-state index in [-0.39, 0.29) is 17.4 Å². The smallest absolute Gasteiger partial charge is 0.416 e. The van der Waals surface area contributed by atoms with E-state index in [1.54, 1.807) is 6.07 Å². The number of carbonyl (C=O) groups excluding carboxylic acids is 1. The third kappa shape index (κ3) is 5.00.